The van der Waals surface area contributed by atoms with E-state index < -0.39 is 0 Å². The minimum atomic E-state index is 0.107. The highest BCUT2D eigenvalue weighted by molar-refractivity contribution is 6.30. The van der Waals surface area contributed by atoms with Crippen LogP contribution in [0.5, 0.6) is 5.75 Å². The van der Waals surface area contributed by atoms with Crippen molar-refractivity contribution in [3.8, 4) is 17.1 Å². The third-order valence-electron chi connectivity index (χ3n) is 5.73. The van der Waals surface area contributed by atoms with Gasteiger partial charge in [0.15, 0.2) is 0 Å². The van der Waals surface area contributed by atoms with Gasteiger partial charge in [-0.1, -0.05) is 28.9 Å². The Morgan fingerprint density at radius 2 is 1.85 bits per heavy atom. The van der Waals surface area contributed by atoms with Gasteiger partial charge in [0.1, 0.15) is 5.75 Å². The Morgan fingerprint density at radius 1 is 1.12 bits per heavy atom. The van der Waals surface area contributed by atoms with Gasteiger partial charge in [-0.05, 0) is 42.0 Å². The molecule has 8 nitrogen and oxygen atoms in total. The number of methoxy groups -OCH3 is 1. The Hall–Kier alpha value is -2.94. The van der Waals surface area contributed by atoms with Crippen molar-refractivity contribution in [3.63, 3.8) is 0 Å². The minimum Gasteiger partial charge on any atom is -0.497 e. The second-order valence-corrected chi connectivity index (χ2v) is 8.61. The quantitative estimate of drug-likeness (QED) is 0.501. The highest BCUT2D eigenvalue weighted by Crippen LogP contribution is 2.19. The summed E-state index contributed by atoms with van der Waals surface area (Å²) in [5, 5.41) is 4.75. The number of ether oxygens (including phenoxy) is 1. The van der Waals surface area contributed by atoms with E-state index in [9.17, 15) is 4.79 Å². The fourth-order valence-corrected chi connectivity index (χ4v) is 3.90. The van der Waals surface area contributed by atoms with E-state index in [1.54, 1.807) is 12.0 Å². The molecule has 0 bridgehead atoms. The van der Waals surface area contributed by atoms with Crippen molar-refractivity contribution in [1.82, 2.24) is 24.8 Å². The molecule has 1 aliphatic heterocycles. The number of halogens is 1. The number of rotatable bonds is 8. The molecule has 1 fully saturated rings. The average Bonchev–Trinajstić information content (AvgIpc) is 3.29. The first-order valence-electron chi connectivity index (χ1n) is 10.9. The number of benzene rings is 2. The molecule has 0 radical (unpaired) electrons. The van der Waals surface area contributed by atoms with Crippen LogP contribution >= 0.6 is 11.6 Å². The van der Waals surface area contributed by atoms with Crippen molar-refractivity contribution in [3.05, 3.63) is 65.0 Å². The summed E-state index contributed by atoms with van der Waals surface area (Å²) in [4.78, 5) is 23.4. The van der Waals surface area contributed by atoms with Gasteiger partial charge in [-0.25, -0.2) is 0 Å². The van der Waals surface area contributed by atoms with Crippen LogP contribution in [0.2, 0.25) is 5.02 Å². The van der Waals surface area contributed by atoms with Crippen LogP contribution in [-0.2, 0) is 17.9 Å². The van der Waals surface area contributed by atoms with E-state index in [4.69, 9.17) is 20.9 Å². The predicted molar refractivity (Wildman–Crippen MR) is 126 cm³/mol. The van der Waals surface area contributed by atoms with Crippen LogP contribution in [0.15, 0.2) is 53.1 Å². The Labute approximate surface area is 198 Å². The summed E-state index contributed by atoms with van der Waals surface area (Å²) in [5.41, 5.74) is 1.92. The number of hydrogen-bond acceptors (Lipinski definition) is 7. The topological polar surface area (TPSA) is 74.9 Å². The lowest BCUT2D eigenvalue weighted by atomic mass is 10.2. The monoisotopic (exact) mass is 469 g/mol. The Morgan fingerprint density at radius 3 is 2.58 bits per heavy atom. The Balaban J connectivity index is 1.22. The van der Waals surface area contributed by atoms with Crippen molar-refractivity contribution in [1.29, 1.82) is 0 Å². The lowest BCUT2D eigenvalue weighted by Crippen LogP contribution is -2.49. The molecule has 4 rings (SSSR count). The minimum absolute atomic E-state index is 0.107. The Bertz CT molecular complexity index is 1060. The molecule has 0 spiro atoms. The normalized spacial score (nSPS) is 14.9. The number of likely N-dealkylation sites (N-methyl/N-ethyl adjacent to an activating group) is 1. The van der Waals surface area contributed by atoms with E-state index in [1.807, 2.05) is 55.6 Å². The van der Waals surface area contributed by atoms with Gasteiger partial charge in [0.2, 0.25) is 17.6 Å². The first-order valence-corrected chi connectivity index (χ1v) is 11.3. The largest absolute Gasteiger partial charge is 0.497 e. The molecule has 1 amide bonds. The number of amides is 1. The molecule has 0 aliphatic carbocycles. The van der Waals surface area contributed by atoms with Crippen LogP contribution in [0.4, 0.5) is 0 Å². The number of piperazine rings is 1. The third-order valence-corrected chi connectivity index (χ3v) is 5.98. The van der Waals surface area contributed by atoms with Gasteiger partial charge in [-0.15, -0.1) is 0 Å². The zero-order valence-corrected chi connectivity index (χ0v) is 19.7. The number of carbonyl (C=O) groups is 1. The molecule has 2 aromatic carbocycles. The summed E-state index contributed by atoms with van der Waals surface area (Å²) in [7, 11) is 3.48. The van der Waals surface area contributed by atoms with Gasteiger partial charge in [0.25, 0.3) is 0 Å². The molecule has 0 N–H and O–H groups in total. The fourth-order valence-electron chi connectivity index (χ4n) is 3.78. The average molecular weight is 470 g/mol. The van der Waals surface area contributed by atoms with E-state index in [1.165, 1.54) is 0 Å². The lowest BCUT2D eigenvalue weighted by Gasteiger charge is -2.34. The molecule has 174 valence electrons. The summed E-state index contributed by atoms with van der Waals surface area (Å²) in [6.07, 6.45) is 0. The highest BCUT2D eigenvalue weighted by Gasteiger charge is 2.22. The Kier molecular flexibility index (Phi) is 7.59. The molecule has 9 heteroatoms. The zero-order chi connectivity index (χ0) is 23.2. The van der Waals surface area contributed by atoms with Gasteiger partial charge in [-0.2, -0.15) is 4.98 Å². The van der Waals surface area contributed by atoms with E-state index >= 15 is 0 Å². The lowest BCUT2D eigenvalue weighted by molar-refractivity contribution is -0.132. The number of carbonyl (C=O) groups excluding carboxylic acids is 1. The van der Waals surface area contributed by atoms with Gasteiger partial charge >= 0.3 is 0 Å². The van der Waals surface area contributed by atoms with Crippen LogP contribution in [0, 0.1) is 0 Å². The maximum absolute atomic E-state index is 12.7. The molecule has 2 heterocycles. The van der Waals surface area contributed by atoms with Crippen LogP contribution < -0.4 is 4.74 Å². The SMILES string of the molecule is COc1cccc(CN(C)C(=O)CN2CCN(Cc3nc(-c4ccc(Cl)cc4)no3)CC2)c1. The molecule has 1 aromatic heterocycles. The van der Waals surface area contributed by atoms with Gasteiger partial charge in [-0.3, -0.25) is 14.6 Å². The van der Waals surface area contributed by atoms with E-state index in [-0.39, 0.29) is 5.91 Å². The molecular formula is C24H28ClN5O3. The molecule has 33 heavy (non-hydrogen) atoms. The van der Waals surface area contributed by atoms with Crippen LogP contribution in [0.3, 0.4) is 0 Å². The van der Waals surface area contributed by atoms with Gasteiger partial charge in [0.05, 0.1) is 20.2 Å². The molecule has 3 aromatic rings. The van der Waals surface area contributed by atoms with Crippen molar-refractivity contribution in [2.24, 2.45) is 0 Å². The summed E-state index contributed by atoms with van der Waals surface area (Å²) in [5.74, 6) is 2.05. The maximum atomic E-state index is 12.7. The predicted octanol–water partition coefficient (Wildman–Crippen LogP) is 3.17. The highest BCUT2D eigenvalue weighted by atomic mass is 35.5. The smallest absolute Gasteiger partial charge is 0.241 e. The van der Waals surface area contributed by atoms with Crippen molar-refractivity contribution in [2.45, 2.75) is 13.1 Å². The third kappa shape index (κ3) is 6.31. The fraction of sp³-hybridized carbons (Fsp3) is 0.375. The standard InChI is InChI=1S/C24H28ClN5O3/c1-28(15-18-4-3-5-21(14-18)32-2)23(31)17-30-12-10-29(11-13-30)16-22-26-24(27-33-22)19-6-8-20(25)9-7-19/h3-9,14H,10-13,15-17H2,1-2H3. The maximum Gasteiger partial charge on any atom is 0.241 e. The van der Waals surface area contributed by atoms with E-state index in [0.717, 1.165) is 43.1 Å². The number of hydrogen-bond donors (Lipinski definition) is 0. The molecule has 1 saturated heterocycles. The van der Waals surface area contributed by atoms with Crippen molar-refractivity contribution >= 4 is 17.5 Å². The molecule has 0 atom stereocenters. The van der Waals surface area contributed by atoms with Crippen molar-refractivity contribution in [2.75, 3.05) is 46.9 Å². The molecular weight excluding hydrogens is 442 g/mol. The summed E-state index contributed by atoms with van der Waals surface area (Å²) in [6.45, 7) is 4.88. The van der Waals surface area contributed by atoms with Crippen molar-refractivity contribution < 1.29 is 14.1 Å². The van der Waals surface area contributed by atoms with Crippen LogP contribution in [-0.4, -0.2) is 77.6 Å². The van der Waals surface area contributed by atoms with E-state index in [2.05, 4.69) is 19.9 Å². The van der Waals surface area contributed by atoms with Gasteiger partial charge < -0.3 is 14.2 Å². The first-order chi connectivity index (χ1) is 16.0. The van der Waals surface area contributed by atoms with Gasteiger partial charge in [0, 0.05) is 50.4 Å². The first kappa shape index (κ1) is 23.2. The second-order valence-electron chi connectivity index (χ2n) is 8.17. The zero-order valence-electron chi connectivity index (χ0n) is 18.9. The second kappa shape index (κ2) is 10.8. The summed E-state index contributed by atoms with van der Waals surface area (Å²) < 4.78 is 10.7. The molecule has 0 unspecified atom stereocenters. The number of aromatic nitrogens is 2. The van der Waals surface area contributed by atoms with Crippen LogP contribution in [0.25, 0.3) is 11.4 Å². The molecule has 0 saturated carbocycles. The van der Waals surface area contributed by atoms with E-state index in [0.29, 0.717) is 36.4 Å². The number of nitrogens with zero attached hydrogens (tertiary/aromatic N) is 5. The van der Waals surface area contributed by atoms with Crippen LogP contribution in [0.1, 0.15) is 11.5 Å². The molecule has 1 aliphatic rings. The summed E-state index contributed by atoms with van der Waals surface area (Å²) >= 11 is 5.94. The summed E-state index contributed by atoms with van der Waals surface area (Å²) in [6, 6.07) is 15.2.